The zero-order valence-electron chi connectivity index (χ0n) is 13.1. The van der Waals surface area contributed by atoms with Crippen LogP contribution in [-0.4, -0.2) is 25.7 Å². The summed E-state index contributed by atoms with van der Waals surface area (Å²) in [5, 5.41) is 15.5. The molecule has 6 nitrogen and oxygen atoms in total. The second kappa shape index (κ2) is 6.06. The number of aryl methyl sites for hydroxylation is 1. The van der Waals surface area contributed by atoms with Crippen molar-refractivity contribution in [3.8, 4) is 11.4 Å². The van der Waals surface area contributed by atoms with E-state index in [4.69, 9.17) is 0 Å². The molecular weight excluding hydrogens is 341 g/mol. The molecule has 4 rings (SSSR count). The number of amides is 1. The van der Waals surface area contributed by atoms with E-state index in [1.54, 1.807) is 24.3 Å². The molecule has 124 valence electrons. The Kier molecular flexibility index (Phi) is 3.73. The monoisotopic (exact) mass is 353 g/mol. The summed E-state index contributed by atoms with van der Waals surface area (Å²) < 4.78 is 14.9. The normalized spacial score (nSPS) is 11.0. The first kappa shape index (κ1) is 15.4. The molecule has 0 aliphatic heterocycles. The van der Waals surface area contributed by atoms with Gasteiger partial charge in [-0.1, -0.05) is 41.2 Å². The Balaban J connectivity index is 1.65. The second-order valence-electron chi connectivity index (χ2n) is 5.46. The summed E-state index contributed by atoms with van der Waals surface area (Å²) in [4.78, 5) is 12.8. The molecule has 1 N–H and O–H groups in total. The molecule has 1 amide bonds. The van der Waals surface area contributed by atoms with Gasteiger partial charge in [0.1, 0.15) is 5.82 Å². The lowest BCUT2D eigenvalue weighted by atomic mass is 10.1. The van der Waals surface area contributed by atoms with Gasteiger partial charge in [-0.3, -0.25) is 10.1 Å². The lowest BCUT2D eigenvalue weighted by molar-refractivity contribution is 0.102. The predicted molar refractivity (Wildman–Crippen MR) is 93.2 cm³/mol. The third-order valence-electron chi connectivity index (χ3n) is 3.57. The van der Waals surface area contributed by atoms with E-state index in [2.05, 4.69) is 20.6 Å². The van der Waals surface area contributed by atoms with Gasteiger partial charge in [0.05, 0.1) is 0 Å². The third-order valence-corrected chi connectivity index (χ3v) is 4.39. The molecule has 0 saturated carbocycles. The fourth-order valence-electron chi connectivity index (χ4n) is 2.43. The summed E-state index contributed by atoms with van der Waals surface area (Å²) in [6.45, 7) is 1.92. The van der Waals surface area contributed by atoms with Crippen molar-refractivity contribution in [1.29, 1.82) is 0 Å². The van der Waals surface area contributed by atoms with Gasteiger partial charge in [-0.25, -0.2) is 4.39 Å². The number of nitrogens with zero attached hydrogens (tertiary/aromatic N) is 4. The summed E-state index contributed by atoms with van der Waals surface area (Å²) in [6.07, 6.45) is 0. The number of hydrogen-bond acceptors (Lipinski definition) is 5. The van der Waals surface area contributed by atoms with Gasteiger partial charge in [-0.2, -0.15) is 4.52 Å². The van der Waals surface area contributed by atoms with Gasteiger partial charge < -0.3 is 0 Å². The van der Waals surface area contributed by atoms with Crippen LogP contribution in [0.2, 0.25) is 0 Å². The Morgan fingerprint density at radius 2 is 2.00 bits per heavy atom. The molecule has 0 atom stereocenters. The molecule has 0 spiro atoms. The third kappa shape index (κ3) is 2.99. The smallest absolute Gasteiger partial charge is 0.257 e. The molecule has 2 aromatic carbocycles. The number of carbonyl (C=O) groups excluding carboxylic acids is 1. The maximum Gasteiger partial charge on any atom is 0.257 e. The predicted octanol–water partition coefficient (Wildman–Crippen LogP) is 3.55. The molecule has 0 aliphatic rings. The van der Waals surface area contributed by atoms with Gasteiger partial charge in [0.25, 0.3) is 5.91 Å². The van der Waals surface area contributed by atoms with Crippen LogP contribution in [-0.2, 0) is 0 Å². The number of halogens is 1. The van der Waals surface area contributed by atoms with E-state index in [1.165, 1.54) is 28.0 Å². The summed E-state index contributed by atoms with van der Waals surface area (Å²) in [6, 6.07) is 13.3. The molecule has 0 unspecified atom stereocenters. The van der Waals surface area contributed by atoms with Crippen LogP contribution in [0.4, 0.5) is 9.52 Å². The van der Waals surface area contributed by atoms with Crippen LogP contribution < -0.4 is 5.32 Å². The molecule has 0 radical (unpaired) electrons. The zero-order valence-corrected chi connectivity index (χ0v) is 13.9. The van der Waals surface area contributed by atoms with Crippen molar-refractivity contribution >= 4 is 27.3 Å². The Bertz CT molecular complexity index is 1090. The molecule has 0 saturated heterocycles. The summed E-state index contributed by atoms with van der Waals surface area (Å²) in [5.41, 5.74) is 2.12. The first-order chi connectivity index (χ1) is 12.1. The quantitative estimate of drug-likeness (QED) is 0.611. The van der Waals surface area contributed by atoms with Crippen LogP contribution >= 0.6 is 11.3 Å². The Morgan fingerprint density at radius 1 is 1.16 bits per heavy atom. The topological polar surface area (TPSA) is 72.2 Å². The lowest BCUT2D eigenvalue weighted by Gasteiger charge is -2.02. The van der Waals surface area contributed by atoms with E-state index in [9.17, 15) is 9.18 Å². The van der Waals surface area contributed by atoms with Crippen molar-refractivity contribution in [3.05, 3.63) is 65.5 Å². The SMILES string of the molecule is Cc1cccc(C(=O)Nc2nn3c(-c4cccc(F)c4)nnc3s2)c1. The van der Waals surface area contributed by atoms with Gasteiger partial charge in [-0.05, 0) is 31.2 Å². The number of carbonyl (C=O) groups is 1. The van der Waals surface area contributed by atoms with Crippen LogP contribution in [0.25, 0.3) is 16.3 Å². The molecule has 0 fully saturated rings. The van der Waals surface area contributed by atoms with Crippen molar-refractivity contribution in [2.45, 2.75) is 6.92 Å². The van der Waals surface area contributed by atoms with Crippen molar-refractivity contribution in [2.24, 2.45) is 0 Å². The number of anilines is 1. The zero-order chi connectivity index (χ0) is 17.4. The number of fused-ring (bicyclic) bond motifs is 1. The highest BCUT2D eigenvalue weighted by atomic mass is 32.1. The summed E-state index contributed by atoms with van der Waals surface area (Å²) >= 11 is 1.20. The van der Waals surface area contributed by atoms with E-state index < -0.39 is 0 Å². The fourth-order valence-corrected chi connectivity index (χ4v) is 3.17. The average molecular weight is 353 g/mol. The van der Waals surface area contributed by atoms with Crippen molar-refractivity contribution < 1.29 is 9.18 Å². The highest BCUT2D eigenvalue weighted by molar-refractivity contribution is 7.20. The van der Waals surface area contributed by atoms with E-state index in [0.717, 1.165) is 5.56 Å². The highest BCUT2D eigenvalue weighted by Gasteiger charge is 2.16. The molecular formula is C17H12FN5OS. The summed E-state index contributed by atoms with van der Waals surface area (Å²) in [5.74, 6) is -0.194. The molecule has 8 heteroatoms. The van der Waals surface area contributed by atoms with Crippen LogP contribution in [0.3, 0.4) is 0 Å². The highest BCUT2D eigenvalue weighted by Crippen LogP contribution is 2.24. The first-order valence-electron chi connectivity index (χ1n) is 7.46. The van der Waals surface area contributed by atoms with Crippen molar-refractivity contribution in [1.82, 2.24) is 19.8 Å². The minimum atomic E-state index is -0.363. The fraction of sp³-hybridized carbons (Fsp3) is 0.0588. The standard InChI is InChI=1S/C17H12FN5OS/c1-10-4-2-6-12(8-10)15(24)19-16-22-23-14(20-21-17(23)25-16)11-5-3-7-13(18)9-11/h2-9H,1H3,(H,19,22,24). The van der Waals surface area contributed by atoms with Gasteiger partial charge in [0.2, 0.25) is 10.1 Å². The number of hydrogen-bond donors (Lipinski definition) is 1. The van der Waals surface area contributed by atoms with Gasteiger partial charge in [0, 0.05) is 11.1 Å². The largest absolute Gasteiger partial charge is 0.296 e. The number of aromatic nitrogens is 4. The number of rotatable bonds is 3. The molecule has 0 aliphatic carbocycles. The van der Waals surface area contributed by atoms with Gasteiger partial charge in [0.15, 0.2) is 5.82 Å². The Labute approximate surface area is 146 Å². The van der Waals surface area contributed by atoms with Crippen LogP contribution in [0.1, 0.15) is 15.9 Å². The molecule has 2 heterocycles. The van der Waals surface area contributed by atoms with Crippen molar-refractivity contribution in [2.75, 3.05) is 5.32 Å². The average Bonchev–Trinajstić information content (AvgIpc) is 3.14. The van der Waals surface area contributed by atoms with Crippen LogP contribution in [0.5, 0.6) is 0 Å². The van der Waals surface area contributed by atoms with E-state index in [1.807, 2.05) is 19.1 Å². The number of benzene rings is 2. The van der Waals surface area contributed by atoms with Crippen molar-refractivity contribution in [3.63, 3.8) is 0 Å². The lowest BCUT2D eigenvalue weighted by Crippen LogP contribution is -2.12. The molecule has 25 heavy (non-hydrogen) atoms. The Morgan fingerprint density at radius 3 is 2.80 bits per heavy atom. The first-order valence-corrected chi connectivity index (χ1v) is 8.28. The van der Waals surface area contributed by atoms with Gasteiger partial charge in [-0.15, -0.1) is 15.3 Å². The number of nitrogens with one attached hydrogen (secondary N) is 1. The summed E-state index contributed by atoms with van der Waals surface area (Å²) in [7, 11) is 0. The molecule has 0 bridgehead atoms. The van der Waals surface area contributed by atoms with Crippen LogP contribution in [0, 0.1) is 12.7 Å². The molecule has 2 aromatic heterocycles. The van der Waals surface area contributed by atoms with Gasteiger partial charge >= 0.3 is 0 Å². The maximum atomic E-state index is 13.4. The Hall–Kier alpha value is -3.13. The maximum absolute atomic E-state index is 13.4. The second-order valence-corrected chi connectivity index (χ2v) is 6.42. The van der Waals surface area contributed by atoms with Crippen LogP contribution in [0.15, 0.2) is 48.5 Å². The van der Waals surface area contributed by atoms with E-state index in [0.29, 0.717) is 27.0 Å². The minimum Gasteiger partial charge on any atom is -0.296 e. The van der Waals surface area contributed by atoms with E-state index in [-0.39, 0.29) is 11.7 Å². The molecule has 4 aromatic rings. The van der Waals surface area contributed by atoms with E-state index >= 15 is 0 Å². The minimum absolute atomic E-state index is 0.249.